The number of hydrogen-bond donors (Lipinski definition) is 1. The van der Waals surface area contributed by atoms with Crippen LogP contribution in [0.1, 0.15) is 24.8 Å². The van der Waals surface area contributed by atoms with Crippen LogP contribution in [-0.2, 0) is 0 Å². The third-order valence-electron chi connectivity index (χ3n) is 3.34. The van der Waals surface area contributed by atoms with Crippen LogP contribution in [0, 0.1) is 0 Å². The zero-order valence-electron chi connectivity index (χ0n) is 11.6. The van der Waals surface area contributed by atoms with Crippen molar-refractivity contribution in [2.24, 2.45) is 0 Å². The number of rotatable bonds is 6. The molecule has 2 aromatic rings. The summed E-state index contributed by atoms with van der Waals surface area (Å²) < 4.78 is 5.21. The summed E-state index contributed by atoms with van der Waals surface area (Å²) in [7, 11) is 1.69. The van der Waals surface area contributed by atoms with E-state index in [4.69, 9.17) is 4.74 Å². The summed E-state index contributed by atoms with van der Waals surface area (Å²) in [5.41, 5.74) is 2.51. The molecular formula is C17H21NO. The lowest BCUT2D eigenvalue weighted by atomic mass is 9.98. The Balaban J connectivity index is 1.83. The fourth-order valence-corrected chi connectivity index (χ4v) is 2.11. The van der Waals surface area contributed by atoms with Gasteiger partial charge in [0.25, 0.3) is 0 Å². The Morgan fingerprint density at radius 1 is 1.05 bits per heavy atom. The van der Waals surface area contributed by atoms with Crippen LogP contribution in [0.4, 0.5) is 5.69 Å². The predicted molar refractivity (Wildman–Crippen MR) is 81.0 cm³/mol. The average Bonchev–Trinajstić information content (AvgIpc) is 2.48. The first-order valence-corrected chi connectivity index (χ1v) is 6.72. The molecule has 0 aliphatic rings. The second-order valence-electron chi connectivity index (χ2n) is 4.76. The topological polar surface area (TPSA) is 21.3 Å². The predicted octanol–water partition coefficient (Wildman–Crippen LogP) is 4.30. The molecular weight excluding hydrogens is 234 g/mol. The van der Waals surface area contributed by atoms with E-state index in [2.05, 4.69) is 48.6 Å². The Hall–Kier alpha value is -1.96. The monoisotopic (exact) mass is 255 g/mol. The van der Waals surface area contributed by atoms with Gasteiger partial charge in [-0.2, -0.15) is 0 Å². The number of ether oxygens (including phenoxy) is 1. The molecule has 0 heterocycles. The number of hydrogen-bond acceptors (Lipinski definition) is 2. The number of anilines is 1. The molecule has 0 bridgehead atoms. The number of benzene rings is 2. The van der Waals surface area contributed by atoms with Gasteiger partial charge in [-0.3, -0.25) is 0 Å². The number of methoxy groups -OCH3 is 1. The first-order valence-electron chi connectivity index (χ1n) is 6.72. The SMILES string of the molecule is COc1cccc(NCCC(C)c2ccccc2)c1. The van der Waals surface area contributed by atoms with Crippen molar-refractivity contribution < 1.29 is 4.74 Å². The first kappa shape index (κ1) is 13.5. The molecule has 0 saturated carbocycles. The zero-order chi connectivity index (χ0) is 13.5. The van der Waals surface area contributed by atoms with Crippen molar-refractivity contribution in [3.8, 4) is 5.75 Å². The Morgan fingerprint density at radius 2 is 1.84 bits per heavy atom. The highest BCUT2D eigenvalue weighted by Gasteiger charge is 2.04. The molecule has 0 fully saturated rings. The Kier molecular flexibility index (Phi) is 4.85. The van der Waals surface area contributed by atoms with Crippen molar-refractivity contribution in [3.63, 3.8) is 0 Å². The quantitative estimate of drug-likeness (QED) is 0.831. The average molecular weight is 255 g/mol. The van der Waals surface area contributed by atoms with Gasteiger partial charge in [0.15, 0.2) is 0 Å². The lowest BCUT2D eigenvalue weighted by Gasteiger charge is -2.13. The summed E-state index contributed by atoms with van der Waals surface area (Å²) in [4.78, 5) is 0. The van der Waals surface area contributed by atoms with E-state index >= 15 is 0 Å². The molecule has 0 amide bonds. The van der Waals surface area contributed by atoms with Crippen LogP contribution >= 0.6 is 0 Å². The lowest BCUT2D eigenvalue weighted by Crippen LogP contribution is -2.06. The molecule has 2 nitrogen and oxygen atoms in total. The second-order valence-corrected chi connectivity index (χ2v) is 4.76. The first-order chi connectivity index (χ1) is 9.29. The van der Waals surface area contributed by atoms with E-state index in [0.29, 0.717) is 5.92 Å². The van der Waals surface area contributed by atoms with Gasteiger partial charge in [-0.15, -0.1) is 0 Å². The fraction of sp³-hybridized carbons (Fsp3) is 0.294. The third kappa shape index (κ3) is 4.02. The van der Waals surface area contributed by atoms with Gasteiger partial charge in [0, 0.05) is 18.3 Å². The van der Waals surface area contributed by atoms with E-state index in [1.54, 1.807) is 7.11 Å². The van der Waals surface area contributed by atoms with E-state index in [9.17, 15) is 0 Å². The van der Waals surface area contributed by atoms with Gasteiger partial charge >= 0.3 is 0 Å². The van der Waals surface area contributed by atoms with Gasteiger partial charge in [-0.25, -0.2) is 0 Å². The van der Waals surface area contributed by atoms with Gasteiger partial charge in [0.1, 0.15) is 5.75 Å². The largest absolute Gasteiger partial charge is 0.497 e. The van der Waals surface area contributed by atoms with Crippen LogP contribution in [0.15, 0.2) is 54.6 Å². The molecule has 1 atom stereocenters. The minimum Gasteiger partial charge on any atom is -0.497 e. The smallest absolute Gasteiger partial charge is 0.120 e. The molecule has 0 radical (unpaired) electrons. The van der Waals surface area contributed by atoms with Crippen molar-refractivity contribution >= 4 is 5.69 Å². The zero-order valence-corrected chi connectivity index (χ0v) is 11.6. The van der Waals surface area contributed by atoms with Crippen LogP contribution in [0.25, 0.3) is 0 Å². The van der Waals surface area contributed by atoms with Gasteiger partial charge in [-0.1, -0.05) is 43.3 Å². The summed E-state index contributed by atoms with van der Waals surface area (Å²) >= 11 is 0. The Labute approximate surface area is 115 Å². The van der Waals surface area contributed by atoms with Crippen LogP contribution in [0.3, 0.4) is 0 Å². The van der Waals surface area contributed by atoms with Crippen molar-refractivity contribution in [2.75, 3.05) is 19.0 Å². The maximum absolute atomic E-state index is 5.21. The van der Waals surface area contributed by atoms with Crippen molar-refractivity contribution in [2.45, 2.75) is 19.3 Å². The molecule has 2 heteroatoms. The highest BCUT2D eigenvalue weighted by Crippen LogP contribution is 2.20. The minimum absolute atomic E-state index is 0.569. The van der Waals surface area contributed by atoms with Crippen molar-refractivity contribution in [1.29, 1.82) is 0 Å². The molecule has 0 spiro atoms. The maximum atomic E-state index is 5.21. The fourth-order valence-electron chi connectivity index (χ4n) is 2.11. The Morgan fingerprint density at radius 3 is 2.58 bits per heavy atom. The minimum atomic E-state index is 0.569. The molecule has 0 aromatic heterocycles. The lowest BCUT2D eigenvalue weighted by molar-refractivity contribution is 0.415. The van der Waals surface area contributed by atoms with E-state index in [1.165, 1.54) is 5.56 Å². The summed E-state index contributed by atoms with van der Waals surface area (Å²) in [6.07, 6.45) is 1.11. The van der Waals surface area contributed by atoms with Gasteiger partial charge in [0.05, 0.1) is 7.11 Å². The summed E-state index contributed by atoms with van der Waals surface area (Å²) in [6, 6.07) is 18.7. The highest BCUT2D eigenvalue weighted by atomic mass is 16.5. The van der Waals surface area contributed by atoms with E-state index in [-0.39, 0.29) is 0 Å². The van der Waals surface area contributed by atoms with Gasteiger partial charge in [0.2, 0.25) is 0 Å². The molecule has 1 unspecified atom stereocenters. The molecule has 2 rings (SSSR count). The van der Waals surface area contributed by atoms with Crippen molar-refractivity contribution in [1.82, 2.24) is 0 Å². The van der Waals surface area contributed by atoms with Crippen LogP contribution in [0.2, 0.25) is 0 Å². The van der Waals surface area contributed by atoms with E-state index in [1.807, 2.05) is 18.2 Å². The van der Waals surface area contributed by atoms with Gasteiger partial charge in [-0.05, 0) is 30.0 Å². The summed E-state index contributed by atoms with van der Waals surface area (Å²) in [6.45, 7) is 3.23. The molecule has 19 heavy (non-hydrogen) atoms. The van der Waals surface area contributed by atoms with E-state index < -0.39 is 0 Å². The molecule has 1 N–H and O–H groups in total. The molecule has 0 saturated heterocycles. The maximum Gasteiger partial charge on any atom is 0.120 e. The molecule has 100 valence electrons. The highest BCUT2D eigenvalue weighted by molar-refractivity contribution is 5.48. The molecule has 0 aliphatic heterocycles. The molecule has 0 aliphatic carbocycles. The third-order valence-corrected chi connectivity index (χ3v) is 3.34. The van der Waals surface area contributed by atoms with Crippen LogP contribution < -0.4 is 10.1 Å². The van der Waals surface area contributed by atoms with E-state index in [0.717, 1.165) is 24.4 Å². The summed E-state index contributed by atoms with van der Waals surface area (Å²) in [5.74, 6) is 1.46. The normalized spacial score (nSPS) is 11.9. The van der Waals surface area contributed by atoms with Crippen LogP contribution in [0.5, 0.6) is 5.75 Å². The number of nitrogens with one attached hydrogen (secondary N) is 1. The standard InChI is InChI=1S/C17H21NO/c1-14(15-7-4-3-5-8-15)11-12-18-16-9-6-10-17(13-16)19-2/h3-10,13-14,18H,11-12H2,1-2H3. The van der Waals surface area contributed by atoms with Crippen molar-refractivity contribution in [3.05, 3.63) is 60.2 Å². The van der Waals surface area contributed by atoms with Gasteiger partial charge < -0.3 is 10.1 Å². The van der Waals surface area contributed by atoms with Crippen LogP contribution in [-0.4, -0.2) is 13.7 Å². The second kappa shape index (κ2) is 6.83. The Bertz CT molecular complexity index is 496. The molecule has 2 aromatic carbocycles. The summed E-state index contributed by atoms with van der Waals surface area (Å²) in [5, 5.41) is 3.44.